The van der Waals surface area contributed by atoms with Gasteiger partial charge in [-0.2, -0.15) is 0 Å². The average molecular weight is 392 g/mol. The third-order valence-electron chi connectivity index (χ3n) is 3.29. The maximum absolute atomic E-state index is 10.6. The van der Waals surface area contributed by atoms with E-state index >= 15 is 0 Å². The van der Waals surface area contributed by atoms with E-state index in [0.717, 1.165) is 25.5 Å². The third-order valence-corrected chi connectivity index (χ3v) is 4.21. The van der Waals surface area contributed by atoms with E-state index in [2.05, 4.69) is 44.0 Å². The number of rotatable bonds is 2. The molecule has 20 heavy (non-hydrogen) atoms. The lowest BCUT2D eigenvalue weighted by molar-refractivity contribution is 0.220. The smallest absolute Gasteiger partial charge is 0.104 e. The van der Waals surface area contributed by atoms with E-state index in [1.54, 1.807) is 0 Å². The van der Waals surface area contributed by atoms with Gasteiger partial charge in [-0.1, -0.05) is 68.3 Å². The average Bonchev–Trinajstić information content (AvgIpc) is 2.45. The van der Waals surface area contributed by atoms with Crippen LogP contribution in [-0.4, -0.2) is 5.11 Å². The molecule has 0 aliphatic heterocycles. The van der Waals surface area contributed by atoms with Crippen molar-refractivity contribution in [2.45, 2.75) is 6.10 Å². The van der Waals surface area contributed by atoms with Gasteiger partial charge in [0.1, 0.15) is 6.10 Å². The van der Waals surface area contributed by atoms with Crippen molar-refractivity contribution >= 4 is 42.6 Å². The van der Waals surface area contributed by atoms with Crippen molar-refractivity contribution in [1.29, 1.82) is 0 Å². The van der Waals surface area contributed by atoms with Gasteiger partial charge in [0.25, 0.3) is 0 Å². The number of hydrogen-bond acceptors (Lipinski definition) is 1. The number of aliphatic hydroxyl groups is 1. The second kappa shape index (κ2) is 5.68. The van der Waals surface area contributed by atoms with Crippen LogP contribution >= 0.6 is 31.9 Å². The molecule has 1 unspecified atom stereocenters. The van der Waals surface area contributed by atoms with Crippen LogP contribution in [0.4, 0.5) is 0 Å². The van der Waals surface area contributed by atoms with Crippen molar-refractivity contribution in [2.24, 2.45) is 0 Å². The van der Waals surface area contributed by atoms with Crippen molar-refractivity contribution in [3.63, 3.8) is 0 Å². The van der Waals surface area contributed by atoms with Crippen LogP contribution < -0.4 is 0 Å². The van der Waals surface area contributed by atoms with Crippen molar-refractivity contribution in [1.82, 2.24) is 0 Å². The molecule has 0 aromatic heterocycles. The lowest BCUT2D eigenvalue weighted by Crippen LogP contribution is -1.99. The Morgan fingerprint density at radius 3 is 2.05 bits per heavy atom. The van der Waals surface area contributed by atoms with E-state index in [4.69, 9.17) is 0 Å². The summed E-state index contributed by atoms with van der Waals surface area (Å²) in [7, 11) is 0. The van der Waals surface area contributed by atoms with E-state index in [0.29, 0.717) is 0 Å². The van der Waals surface area contributed by atoms with Crippen LogP contribution in [0.3, 0.4) is 0 Å². The van der Waals surface area contributed by atoms with E-state index in [1.807, 2.05) is 48.5 Å². The normalized spacial score (nSPS) is 12.6. The molecule has 100 valence electrons. The molecular formula is C17H12Br2O. The lowest BCUT2D eigenvalue weighted by Gasteiger charge is -2.13. The molecule has 0 saturated heterocycles. The number of hydrogen-bond donors (Lipinski definition) is 1. The van der Waals surface area contributed by atoms with Crippen LogP contribution in [0.5, 0.6) is 0 Å². The van der Waals surface area contributed by atoms with Gasteiger partial charge < -0.3 is 5.11 Å². The Morgan fingerprint density at radius 2 is 1.35 bits per heavy atom. The summed E-state index contributed by atoms with van der Waals surface area (Å²) in [4.78, 5) is 0. The number of halogens is 2. The second-order valence-corrected chi connectivity index (χ2v) is 6.54. The van der Waals surface area contributed by atoms with Gasteiger partial charge in [-0.05, 0) is 46.2 Å². The monoisotopic (exact) mass is 390 g/mol. The first-order valence-corrected chi connectivity index (χ1v) is 7.85. The summed E-state index contributed by atoms with van der Waals surface area (Å²) in [5, 5.41) is 12.9. The fraction of sp³-hybridized carbons (Fsp3) is 0.0588. The molecule has 3 aromatic carbocycles. The zero-order valence-corrected chi connectivity index (χ0v) is 13.7. The Kier molecular flexibility index (Phi) is 3.92. The summed E-state index contributed by atoms with van der Waals surface area (Å²) in [6.45, 7) is 0. The van der Waals surface area contributed by atoms with Gasteiger partial charge in [0.05, 0.1) is 0 Å². The summed E-state index contributed by atoms with van der Waals surface area (Å²) in [5.41, 5.74) is 1.76. The van der Waals surface area contributed by atoms with Crippen LogP contribution in [0.1, 0.15) is 17.2 Å². The molecule has 0 fully saturated rings. The summed E-state index contributed by atoms with van der Waals surface area (Å²) >= 11 is 6.90. The third kappa shape index (κ3) is 2.80. The minimum Gasteiger partial charge on any atom is -0.384 e. The highest BCUT2D eigenvalue weighted by Gasteiger charge is 2.12. The van der Waals surface area contributed by atoms with Gasteiger partial charge in [0, 0.05) is 8.95 Å². The molecule has 1 N–H and O–H groups in total. The fourth-order valence-corrected chi connectivity index (χ4v) is 3.63. The molecule has 3 rings (SSSR count). The lowest BCUT2D eigenvalue weighted by atomic mass is 9.99. The molecule has 0 aliphatic rings. The molecule has 0 bridgehead atoms. The molecule has 3 heteroatoms. The van der Waals surface area contributed by atoms with Crippen LogP contribution in [0, 0.1) is 0 Å². The number of benzene rings is 3. The Hall–Kier alpha value is -1.16. The van der Waals surface area contributed by atoms with Crippen LogP contribution in [0.25, 0.3) is 10.8 Å². The van der Waals surface area contributed by atoms with Gasteiger partial charge in [0.15, 0.2) is 0 Å². The first-order valence-electron chi connectivity index (χ1n) is 6.26. The van der Waals surface area contributed by atoms with Crippen molar-refractivity contribution in [3.05, 3.63) is 80.7 Å². The molecule has 0 saturated carbocycles. The predicted molar refractivity (Wildman–Crippen MR) is 89.9 cm³/mol. The highest BCUT2D eigenvalue weighted by Crippen LogP contribution is 2.29. The van der Waals surface area contributed by atoms with Crippen molar-refractivity contribution in [2.75, 3.05) is 0 Å². The van der Waals surface area contributed by atoms with Gasteiger partial charge in [-0.15, -0.1) is 0 Å². The molecule has 1 atom stereocenters. The van der Waals surface area contributed by atoms with Crippen LogP contribution in [0.15, 0.2) is 69.6 Å². The zero-order chi connectivity index (χ0) is 14.1. The highest BCUT2D eigenvalue weighted by atomic mass is 79.9. The van der Waals surface area contributed by atoms with Gasteiger partial charge >= 0.3 is 0 Å². The van der Waals surface area contributed by atoms with Gasteiger partial charge in [-0.3, -0.25) is 0 Å². The summed E-state index contributed by atoms with van der Waals surface area (Å²) in [6.07, 6.45) is -0.631. The number of aliphatic hydroxyl groups excluding tert-OH is 1. The second-order valence-electron chi connectivity index (χ2n) is 4.71. The molecule has 0 spiro atoms. The topological polar surface area (TPSA) is 20.2 Å². The largest absolute Gasteiger partial charge is 0.384 e. The predicted octanol–water partition coefficient (Wildman–Crippen LogP) is 5.45. The van der Waals surface area contributed by atoms with E-state index in [1.165, 1.54) is 5.39 Å². The van der Waals surface area contributed by atoms with Crippen LogP contribution in [-0.2, 0) is 0 Å². The van der Waals surface area contributed by atoms with Crippen molar-refractivity contribution in [3.8, 4) is 0 Å². The standard InChI is InChI=1S/C17H12Br2O/c18-15-8-14(9-16(19)10-15)17(20)13-6-5-11-3-1-2-4-12(11)7-13/h1-10,17,20H. The summed E-state index contributed by atoms with van der Waals surface area (Å²) in [5.74, 6) is 0. The molecule has 0 amide bonds. The van der Waals surface area contributed by atoms with E-state index < -0.39 is 6.10 Å². The van der Waals surface area contributed by atoms with Gasteiger partial charge in [-0.25, -0.2) is 0 Å². The Labute approximate surface area is 134 Å². The quantitative estimate of drug-likeness (QED) is 0.616. The number of fused-ring (bicyclic) bond motifs is 1. The Morgan fingerprint density at radius 1 is 0.700 bits per heavy atom. The first kappa shape index (κ1) is 13.8. The van der Waals surface area contributed by atoms with E-state index in [9.17, 15) is 5.11 Å². The Bertz CT molecular complexity index is 748. The fourth-order valence-electron chi connectivity index (χ4n) is 2.30. The van der Waals surface area contributed by atoms with Crippen molar-refractivity contribution < 1.29 is 5.11 Å². The first-order chi connectivity index (χ1) is 9.63. The zero-order valence-electron chi connectivity index (χ0n) is 10.6. The molecule has 0 aliphatic carbocycles. The minimum absolute atomic E-state index is 0.631. The highest BCUT2D eigenvalue weighted by molar-refractivity contribution is 9.11. The molecule has 3 aromatic rings. The molecular weight excluding hydrogens is 380 g/mol. The molecule has 1 nitrogen and oxygen atoms in total. The SMILES string of the molecule is OC(c1cc(Br)cc(Br)c1)c1ccc2ccccc2c1. The van der Waals surface area contributed by atoms with Crippen LogP contribution in [0.2, 0.25) is 0 Å². The van der Waals surface area contributed by atoms with E-state index in [-0.39, 0.29) is 0 Å². The maximum Gasteiger partial charge on any atom is 0.104 e. The minimum atomic E-state index is -0.631. The maximum atomic E-state index is 10.6. The molecule has 0 radical (unpaired) electrons. The van der Waals surface area contributed by atoms with Gasteiger partial charge in [0.2, 0.25) is 0 Å². The molecule has 0 heterocycles. The Balaban J connectivity index is 2.05. The summed E-state index contributed by atoms with van der Waals surface area (Å²) in [6, 6.07) is 20.0. The summed E-state index contributed by atoms with van der Waals surface area (Å²) < 4.78 is 1.89.